The monoisotopic (exact) mass is 258 g/mol. The highest BCUT2D eigenvalue weighted by Crippen LogP contribution is 2.21. The average molecular weight is 258 g/mol. The molecule has 9 heteroatoms. The van der Waals surface area contributed by atoms with Gasteiger partial charge in [-0.25, -0.2) is 9.59 Å². The first-order valence-electron chi connectivity index (χ1n) is 4.64. The van der Waals surface area contributed by atoms with Crippen molar-refractivity contribution in [3.8, 4) is 0 Å². The number of alkyl halides is 3. The molecule has 1 unspecified atom stereocenters. The van der Waals surface area contributed by atoms with Crippen molar-refractivity contribution in [1.82, 2.24) is 10.6 Å². The first kappa shape index (κ1) is 15.5. The minimum absolute atomic E-state index is 0.583. The van der Waals surface area contributed by atoms with Gasteiger partial charge in [0.2, 0.25) is 0 Å². The molecule has 0 aromatic carbocycles. The highest BCUT2D eigenvalue weighted by Gasteiger charge is 2.30. The Bertz CT molecular complexity index is 282. The number of halogens is 3. The van der Waals surface area contributed by atoms with Crippen LogP contribution in [-0.2, 0) is 4.79 Å². The molecule has 0 heterocycles. The lowest BCUT2D eigenvalue weighted by Gasteiger charge is -2.16. The molecule has 0 saturated heterocycles. The van der Waals surface area contributed by atoms with Crippen LogP contribution in [0.1, 0.15) is 13.3 Å². The molecule has 0 bridgehead atoms. The fraction of sp³-hybridized carbons (Fsp3) is 0.750. The van der Waals surface area contributed by atoms with E-state index in [1.54, 1.807) is 0 Å². The Kier molecular flexibility index (Phi) is 5.72. The van der Waals surface area contributed by atoms with E-state index < -0.39 is 43.3 Å². The van der Waals surface area contributed by atoms with E-state index in [0.29, 0.717) is 0 Å². The van der Waals surface area contributed by atoms with Crippen LogP contribution in [0.2, 0.25) is 0 Å². The van der Waals surface area contributed by atoms with E-state index in [0.717, 1.165) is 6.92 Å². The summed E-state index contributed by atoms with van der Waals surface area (Å²) in [6.45, 7) is 0.570. The van der Waals surface area contributed by atoms with Crippen LogP contribution in [0.15, 0.2) is 0 Å². The summed E-state index contributed by atoms with van der Waals surface area (Å²) in [6, 6.07) is -2.11. The van der Waals surface area contributed by atoms with Crippen molar-refractivity contribution >= 4 is 12.0 Å². The second-order valence-electron chi connectivity index (χ2n) is 3.43. The summed E-state index contributed by atoms with van der Waals surface area (Å²) >= 11 is 0. The Hall–Kier alpha value is -1.51. The maximum atomic E-state index is 11.9. The highest BCUT2D eigenvalue weighted by molar-refractivity contribution is 5.76. The second-order valence-corrected chi connectivity index (χ2v) is 3.43. The number of aliphatic hydroxyl groups excluding tert-OH is 1. The van der Waals surface area contributed by atoms with Crippen LogP contribution < -0.4 is 10.6 Å². The number of carbonyl (C=O) groups is 2. The minimum atomic E-state index is -4.40. The number of nitrogens with one attached hydrogen (secondary N) is 2. The van der Waals surface area contributed by atoms with Crippen molar-refractivity contribution in [2.75, 3.05) is 6.54 Å². The highest BCUT2D eigenvalue weighted by atomic mass is 19.4. The molecular weight excluding hydrogens is 245 g/mol. The molecular formula is C8H13F3N2O4. The topological polar surface area (TPSA) is 98.7 Å². The SMILES string of the molecule is CC(CC(F)(F)F)NC(=O)NC[C@H](O)C(=O)O. The molecule has 2 atom stereocenters. The third-order valence-corrected chi connectivity index (χ3v) is 1.66. The average Bonchev–Trinajstić information content (AvgIpc) is 2.10. The molecule has 0 radical (unpaired) electrons. The van der Waals surface area contributed by atoms with Crippen LogP contribution in [0.25, 0.3) is 0 Å². The Morgan fingerprint density at radius 1 is 1.35 bits per heavy atom. The van der Waals surface area contributed by atoms with Gasteiger partial charge in [0.15, 0.2) is 6.10 Å². The van der Waals surface area contributed by atoms with Gasteiger partial charge in [-0.05, 0) is 6.92 Å². The van der Waals surface area contributed by atoms with Crippen LogP contribution in [0.3, 0.4) is 0 Å². The third-order valence-electron chi connectivity index (χ3n) is 1.66. The number of rotatable bonds is 5. The Balaban J connectivity index is 3.90. The number of carboxylic acid groups (broad SMARTS) is 1. The maximum absolute atomic E-state index is 11.9. The van der Waals surface area contributed by atoms with Crippen LogP contribution in [0, 0.1) is 0 Å². The quantitative estimate of drug-likeness (QED) is 0.561. The summed E-state index contributed by atoms with van der Waals surface area (Å²) in [5, 5.41) is 20.9. The third kappa shape index (κ3) is 8.31. The minimum Gasteiger partial charge on any atom is -0.479 e. The number of carboxylic acids is 1. The van der Waals surface area contributed by atoms with Gasteiger partial charge in [-0.1, -0.05) is 0 Å². The fourth-order valence-corrected chi connectivity index (χ4v) is 0.950. The molecule has 17 heavy (non-hydrogen) atoms. The zero-order chi connectivity index (χ0) is 13.6. The predicted octanol–water partition coefficient (Wildman–Crippen LogP) is 0.0720. The van der Waals surface area contributed by atoms with Gasteiger partial charge in [-0.15, -0.1) is 0 Å². The van der Waals surface area contributed by atoms with Gasteiger partial charge in [0.25, 0.3) is 0 Å². The van der Waals surface area contributed by atoms with Crippen LogP contribution in [0.5, 0.6) is 0 Å². The summed E-state index contributed by atoms with van der Waals surface area (Å²) in [6.07, 6.45) is -7.38. The Labute approximate surface area is 94.8 Å². The molecule has 4 N–H and O–H groups in total. The summed E-state index contributed by atoms with van der Waals surface area (Å²) in [5.74, 6) is -1.53. The smallest absolute Gasteiger partial charge is 0.391 e. The zero-order valence-corrected chi connectivity index (χ0v) is 8.91. The molecule has 0 aliphatic heterocycles. The Morgan fingerprint density at radius 3 is 2.29 bits per heavy atom. The summed E-state index contributed by atoms with van der Waals surface area (Å²) in [7, 11) is 0. The van der Waals surface area contributed by atoms with Crippen molar-refractivity contribution in [2.45, 2.75) is 31.7 Å². The molecule has 2 amide bonds. The normalized spacial score (nSPS) is 14.9. The molecule has 0 rings (SSSR count). The lowest BCUT2D eigenvalue weighted by Crippen LogP contribution is -2.46. The first-order valence-corrected chi connectivity index (χ1v) is 4.64. The number of urea groups is 1. The number of aliphatic hydroxyl groups is 1. The number of amides is 2. The van der Waals surface area contributed by atoms with Crippen molar-refractivity contribution in [3.63, 3.8) is 0 Å². The first-order chi connectivity index (χ1) is 7.61. The van der Waals surface area contributed by atoms with E-state index >= 15 is 0 Å². The molecule has 0 fully saturated rings. The van der Waals surface area contributed by atoms with Crippen LogP contribution >= 0.6 is 0 Å². The van der Waals surface area contributed by atoms with Gasteiger partial charge >= 0.3 is 18.2 Å². The summed E-state index contributed by atoms with van der Waals surface area (Å²) < 4.78 is 35.7. The second kappa shape index (κ2) is 6.28. The van der Waals surface area contributed by atoms with Gasteiger partial charge in [0.1, 0.15) is 0 Å². The molecule has 0 aromatic rings. The molecule has 100 valence electrons. The largest absolute Gasteiger partial charge is 0.479 e. The van der Waals surface area contributed by atoms with E-state index in [1.165, 1.54) is 0 Å². The van der Waals surface area contributed by atoms with Gasteiger partial charge in [0.05, 0.1) is 13.0 Å². The van der Waals surface area contributed by atoms with Gasteiger partial charge in [0, 0.05) is 6.04 Å². The summed E-state index contributed by atoms with van der Waals surface area (Å²) in [5.41, 5.74) is 0. The van der Waals surface area contributed by atoms with Crippen molar-refractivity contribution in [2.24, 2.45) is 0 Å². The van der Waals surface area contributed by atoms with E-state index in [9.17, 15) is 22.8 Å². The number of hydrogen-bond donors (Lipinski definition) is 4. The van der Waals surface area contributed by atoms with Crippen molar-refractivity contribution in [3.05, 3.63) is 0 Å². The van der Waals surface area contributed by atoms with Gasteiger partial charge in [-0.2, -0.15) is 13.2 Å². The van der Waals surface area contributed by atoms with Crippen molar-refractivity contribution in [1.29, 1.82) is 0 Å². The molecule has 0 aliphatic rings. The molecule has 0 aromatic heterocycles. The number of hydrogen-bond acceptors (Lipinski definition) is 3. The van der Waals surface area contributed by atoms with E-state index in [4.69, 9.17) is 10.2 Å². The molecule has 0 spiro atoms. The number of carbonyl (C=O) groups excluding carboxylic acids is 1. The molecule has 0 saturated carbocycles. The fourth-order valence-electron chi connectivity index (χ4n) is 0.950. The van der Waals surface area contributed by atoms with E-state index in [2.05, 4.69) is 0 Å². The van der Waals surface area contributed by atoms with Gasteiger partial charge < -0.3 is 20.8 Å². The summed E-state index contributed by atoms with van der Waals surface area (Å²) in [4.78, 5) is 21.1. The lowest BCUT2D eigenvalue weighted by atomic mass is 10.2. The zero-order valence-electron chi connectivity index (χ0n) is 8.91. The van der Waals surface area contributed by atoms with E-state index in [-0.39, 0.29) is 0 Å². The van der Waals surface area contributed by atoms with E-state index in [1.807, 2.05) is 10.6 Å². The standard InChI is InChI=1S/C8H13F3N2O4/c1-4(2-8(9,10)11)13-7(17)12-3-5(14)6(15)16/h4-5,14H,2-3H2,1H3,(H,15,16)(H2,12,13,17)/t4?,5-/m0/s1. The van der Waals surface area contributed by atoms with Crippen LogP contribution in [-0.4, -0.2) is 47.1 Å². The lowest BCUT2D eigenvalue weighted by molar-refractivity contribution is -0.146. The predicted molar refractivity (Wildman–Crippen MR) is 50.3 cm³/mol. The molecule has 6 nitrogen and oxygen atoms in total. The van der Waals surface area contributed by atoms with Crippen LogP contribution in [0.4, 0.5) is 18.0 Å². The van der Waals surface area contributed by atoms with Crippen molar-refractivity contribution < 1.29 is 33.0 Å². The molecule has 0 aliphatic carbocycles. The number of aliphatic carboxylic acids is 1. The Morgan fingerprint density at radius 2 is 1.88 bits per heavy atom. The van der Waals surface area contributed by atoms with Gasteiger partial charge in [-0.3, -0.25) is 0 Å². The maximum Gasteiger partial charge on any atom is 0.391 e.